The van der Waals surface area contributed by atoms with Gasteiger partial charge in [-0.3, -0.25) is 0 Å². The van der Waals surface area contributed by atoms with E-state index in [2.05, 4.69) is 26.0 Å². The number of hydrogen-bond acceptors (Lipinski definition) is 4. The second kappa shape index (κ2) is 7.33. The van der Waals surface area contributed by atoms with Gasteiger partial charge in [-0.25, -0.2) is 0 Å². The topological polar surface area (TPSA) is 61.4 Å². The summed E-state index contributed by atoms with van der Waals surface area (Å²) in [6.07, 6.45) is 2.02. The normalized spacial score (nSPS) is 21.2. The van der Waals surface area contributed by atoms with E-state index in [1.54, 1.807) is 15.6 Å². The lowest BCUT2D eigenvalue weighted by atomic mass is 10.00. The Labute approximate surface area is 133 Å². The lowest BCUT2D eigenvalue weighted by Gasteiger charge is -2.31. The predicted octanol–water partition coefficient (Wildman–Crippen LogP) is 1.78. The van der Waals surface area contributed by atoms with Crippen LogP contribution >= 0.6 is 27.3 Å². The summed E-state index contributed by atoms with van der Waals surface area (Å²) in [7, 11) is -1.47. The van der Waals surface area contributed by atoms with Gasteiger partial charge in [0.15, 0.2) is 0 Å². The Morgan fingerprint density at radius 1 is 1.50 bits per heavy atom. The first-order chi connectivity index (χ1) is 9.51. The van der Waals surface area contributed by atoms with Gasteiger partial charge in [0.05, 0.1) is 3.79 Å². The van der Waals surface area contributed by atoms with Gasteiger partial charge in [-0.2, -0.15) is 17.4 Å². The lowest BCUT2D eigenvalue weighted by Crippen LogP contribution is -2.47. The van der Waals surface area contributed by atoms with Crippen LogP contribution in [0.4, 0.5) is 0 Å². The number of nitrogens with zero attached hydrogens (tertiary/aromatic N) is 1. The fraction of sp³-hybridized carbons (Fsp3) is 0.667. The minimum Gasteiger partial charge on any atom is -0.319 e. The van der Waals surface area contributed by atoms with E-state index in [1.807, 2.05) is 19.2 Å². The van der Waals surface area contributed by atoms with E-state index in [0.29, 0.717) is 25.6 Å². The third-order valence-corrected chi connectivity index (χ3v) is 6.52. The van der Waals surface area contributed by atoms with Crippen molar-refractivity contribution in [3.05, 3.63) is 20.8 Å². The van der Waals surface area contributed by atoms with Gasteiger partial charge in [0.2, 0.25) is 0 Å². The van der Waals surface area contributed by atoms with E-state index < -0.39 is 10.2 Å². The maximum absolute atomic E-state index is 12.3. The van der Waals surface area contributed by atoms with Crippen LogP contribution in [-0.2, 0) is 16.8 Å². The van der Waals surface area contributed by atoms with E-state index in [9.17, 15) is 8.42 Å². The summed E-state index contributed by atoms with van der Waals surface area (Å²) in [6.45, 7) is 2.43. The highest BCUT2D eigenvalue weighted by molar-refractivity contribution is 9.11. The van der Waals surface area contributed by atoms with Crippen molar-refractivity contribution >= 4 is 37.5 Å². The highest BCUT2D eigenvalue weighted by atomic mass is 79.9. The standard InChI is InChI=1S/C12H20BrN3O2S2/c1-14-7-10-3-2-6-16(9-10)20(17,18)15-8-11-4-5-12(13)19-11/h4-5,10,14-15H,2-3,6-9H2,1H3. The molecule has 0 radical (unpaired) electrons. The van der Waals surface area contributed by atoms with Crippen LogP contribution in [0, 0.1) is 5.92 Å². The Hall–Kier alpha value is 0.01000. The second-order valence-corrected chi connectivity index (χ2v) is 9.26. The monoisotopic (exact) mass is 381 g/mol. The zero-order valence-corrected chi connectivity index (χ0v) is 14.7. The Morgan fingerprint density at radius 3 is 2.95 bits per heavy atom. The zero-order chi connectivity index (χ0) is 14.6. The summed E-state index contributed by atoms with van der Waals surface area (Å²) in [4.78, 5) is 1.00. The molecule has 0 aromatic carbocycles. The van der Waals surface area contributed by atoms with Gasteiger partial charge in [0.25, 0.3) is 10.2 Å². The van der Waals surface area contributed by atoms with Crippen molar-refractivity contribution in [3.63, 3.8) is 0 Å². The molecule has 1 unspecified atom stereocenters. The molecule has 20 heavy (non-hydrogen) atoms. The molecule has 8 heteroatoms. The predicted molar refractivity (Wildman–Crippen MR) is 86.0 cm³/mol. The lowest BCUT2D eigenvalue weighted by molar-refractivity contribution is 0.261. The minimum atomic E-state index is -3.38. The van der Waals surface area contributed by atoms with Gasteiger partial charge in [-0.05, 0) is 60.4 Å². The van der Waals surface area contributed by atoms with Crippen LogP contribution in [0.1, 0.15) is 17.7 Å². The van der Waals surface area contributed by atoms with Gasteiger partial charge < -0.3 is 5.32 Å². The smallest absolute Gasteiger partial charge is 0.279 e. The average Bonchev–Trinajstić information content (AvgIpc) is 2.83. The summed E-state index contributed by atoms with van der Waals surface area (Å²) in [6, 6.07) is 3.86. The fourth-order valence-electron chi connectivity index (χ4n) is 2.40. The SMILES string of the molecule is CNCC1CCCN(S(=O)(=O)NCc2ccc(Br)s2)C1. The molecule has 1 aromatic heterocycles. The molecule has 1 aliphatic rings. The van der Waals surface area contributed by atoms with E-state index in [-0.39, 0.29) is 0 Å². The molecule has 1 atom stereocenters. The van der Waals surface area contributed by atoms with Crippen molar-refractivity contribution in [2.45, 2.75) is 19.4 Å². The molecule has 2 N–H and O–H groups in total. The van der Waals surface area contributed by atoms with Crippen molar-refractivity contribution in [1.82, 2.24) is 14.3 Å². The van der Waals surface area contributed by atoms with Gasteiger partial charge in [0.1, 0.15) is 0 Å². The summed E-state index contributed by atoms with van der Waals surface area (Å²) in [5, 5.41) is 3.12. The van der Waals surface area contributed by atoms with Crippen molar-refractivity contribution in [3.8, 4) is 0 Å². The number of nitrogens with one attached hydrogen (secondary N) is 2. The highest BCUT2D eigenvalue weighted by Crippen LogP contribution is 2.22. The summed E-state index contributed by atoms with van der Waals surface area (Å²) < 4.78 is 29.9. The molecule has 1 aromatic rings. The van der Waals surface area contributed by atoms with Gasteiger partial charge >= 0.3 is 0 Å². The Kier molecular flexibility index (Phi) is 6.00. The Morgan fingerprint density at radius 2 is 2.30 bits per heavy atom. The van der Waals surface area contributed by atoms with Crippen molar-refractivity contribution in [2.24, 2.45) is 5.92 Å². The largest absolute Gasteiger partial charge is 0.319 e. The molecule has 0 spiro atoms. The first-order valence-electron chi connectivity index (χ1n) is 6.65. The van der Waals surface area contributed by atoms with E-state index in [1.165, 1.54) is 0 Å². The van der Waals surface area contributed by atoms with Crippen molar-refractivity contribution < 1.29 is 8.42 Å². The number of piperidine rings is 1. The Bertz CT molecular complexity index is 531. The van der Waals surface area contributed by atoms with Crippen LogP contribution < -0.4 is 10.0 Å². The number of thiophene rings is 1. The van der Waals surface area contributed by atoms with Gasteiger partial charge in [0, 0.05) is 24.5 Å². The molecule has 0 bridgehead atoms. The molecular formula is C12H20BrN3O2S2. The zero-order valence-electron chi connectivity index (χ0n) is 11.4. The molecular weight excluding hydrogens is 362 g/mol. The summed E-state index contributed by atoms with van der Waals surface area (Å²) in [5.41, 5.74) is 0. The molecule has 114 valence electrons. The maximum atomic E-state index is 12.3. The van der Waals surface area contributed by atoms with E-state index in [4.69, 9.17) is 0 Å². The molecule has 0 saturated carbocycles. The van der Waals surface area contributed by atoms with Crippen LogP contribution in [0.15, 0.2) is 15.9 Å². The first-order valence-corrected chi connectivity index (χ1v) is 9.70. The maximum Gasteiger partial charge on any atom is 0.279 e. The first kappa shape index (κ1) is 16.4. The summed E-state index contributed by atoms with van der Waals surface area (Å²) in [5.74, 6) is 0.404. The fourth-order valence-corrected chi connectivity index (χ4v) is 5.21. The van der Waals surface area contributed by atoms with Crippen LogP contribution in [0.2, 0.25) is 0 Å². The van der Waals surface area contributed by atoms with Crippen LogP contribution in [-0.4, -0.2) is 39.4 Å². The molecule has 0 aliphatic carbocycles. The summed E-state index contributed by atoms with van der Waals surface area (Å²) >= 11 is 4.92. The average molecular weight is 382 g/mol. The molecule has 0 amide bonds. The van der Waals surface area contributed by atoms with Crippen LogP contribution in [0.3, 0.4) is 0 Å². The third kappa shape index (κ3) is 4.51. The molecule has 1 fully saturated rings. The second-order valence-electron chi connectivity index (χ2n) is 4.96. The Balaban J connectivity index is 1.92. The molecule has 1 aliphatic heterocycles. The van der Waals surface area contributed by atoms with E-state index in [0.717, 1.165) is 28.0 Å². The molecule has 5 nitrogen and oxygen atoms in total. The molecule has 2 heterocycles. The van der Waals surface area contributed by atoms with E-state index >= 15 is 0 Å². The van der Waals surface area contributed by atoms with Crippen LogP contribution in [0.5, 0.6) is 0 Å². The van der Waals surface area contributed by atoms with Crippen molar-refractivity contribution in [2.75, 3.05) is 26.7 Å². The third-order valence-electron chi connectivity index (χ3n) is 3.37. The molecule has 1 saturated heterocycles. The highest BCUT2D eigenvalue weighted by Gasteiger charge is 2.28. The minimum absolute atomic E-state index is 0.353. The quantitative estimate of drug-likeness (QED) is 0.789. The number of halogens is 1. The molecule has 2 rings (SSSR count). The number of rotatable bonds is 6. The van der Waals surface area contributed by atoms with Crippen LogP contribution in [0.25, 0.3) is 0 Å². The van der Waals surface area contributed by atoms with Gasteiger partial charge in [-0.1, -0.05) is 0 Å². The van der Waals surface area contributed by atoms with Gasteiger partial charge in [-0.15, -0.1) is 11.3 Å². The van der Waals surface area contributed by atoms with Crippen molar-refractivity contribution in [1.29, 1.82) is 0 Å². The number of hydrogen-bond donors (Lipinski definition) is 2.